The predicted octanol–water partition coefficient (Wildman–Crippen LogP) is 1.79. The van der Waals surface area contributed by atoms with Crippen LogP contribution in [0.15, 0.2) is 5.38 Å². The van der Waals surface area contributed by atoms with Crippen LogP contribution in [0.3, 0.4) is 0 Å². The van der Waals surface area contributed by atoms with Gasteiger partial charge in [0, 0.05) is 23.5 Å². The molecular formula is C11H18N2OS. The van der Waals surface area contributed by atoms with Gasteiger partial charge in [-0.2, -0.15) is 0 Å². The van der Waals surface area contributed by atoms with Crippen molar-refractivity contribution in [1.82, 2.24) is 4.98 Å². The minimum atomic E-state index is -0.0331. The van der Waals surface area contributed by atoms with Gasteiger partial charge in [0.2, 0.25) is 0 Å². The molecule has 1 aromatic rings. The quantitative estimate of drug-likeness (QED) is 0.833. The standard InChI is InChI=1S/C11H18N2OS/c1-7(2)9(5-12)10(14)4-11-13-8(3)6-15-11/h6-7,9H,4-5,12H2,1-3H3. The smallest absolute Gasteiger partial charge is 0.144 e. The van der Waals surface area contributed by atoms with Gasteiger partial charge in [-0.3, -0.25) is 4.79 Å². The van der Waals surface area contributed by atoms with Crippen molar-refractivity contribution >= 4 is 17.1 Å². The monoisotopic (exact) mass is 226 g/mol. The highest BCUT2D eigenvalue weighted by Crippen LogP contribution is 2.16. The third-order valence-electron chi connectivity index (χ3n) is 2.46. The van der Waals surface area contributed by atoms with Crippen molar-refractivity contribution in [3.8, 4) is 0 Å². The Labute approximate surface area is 94.7 Å². The van der Waals surface area contributed by atoms with Gasteiger partial charge in [-0.05, 0) is 12.8 Å². The molecule has 0 radical (unpaired) electrons. The molecular weight excluding hydrogens is 208 g/mol. The number of Topliss-reactive ketones (excluding diaryl/α,β-unsaturated/α-hetero) is 1. The van der Waals surface area contributed by atoms with Crippen molar-refractivity contribution < 1.29 is 4.79 Å². The maximum absolute atomic E-state index is 11.9. The number of aryl methyl sites for hydroxylation is 1. The maximum Gasteiger partial charge on any atom is 0.144 e. The van der Waals surface area contributed by atoms with Crippen LogP contribution in [0, 0.1) is 18.8 Å². The Morgan fingerprint density at radius 3 is 2.67 bits per heavy atom. The van der Waals surface area contributed by atoms with E-state index in [0.29, 0.717) is 18.9 Å². The molecule has 0 fully saturated rings. The minimum Gasteiger partial charge on any atom is -0.330 e. The Bertz CT molecular complexity index is 333. The normalized spacial score (nSPS) is 13.1. The summed E-state index contributed by atoms with van der Waals surface area (Å²) in [5.74, 6) is 0.486. The second-order valence-corrected chi connectivity index (χ2v) is 5.05. The fourth-order valence-electron chi connectivity index (χ4n) is 1.54. The first-order valence-corrected chi connectivity index (χ1v) is 6.06. The minimum absolute atomic E-state index is 0.0331. The van der Waals surface area contributed by atoms with Gasteiger partial charge < -0.3 is 5.73 Å². The van der Waals surface area contributed by atoms with Gasteiger partial charge in [-0.25, -0.2) is 4.98 Å². The zero-order valence-corrected chi connectivity index (χ0v) is 10.3. The number of aromatic nitrogens is 1. The second kappa shape index (κ2) is 5.37. The summed E-state index contributed by atoms with van der Waals surface area (Å²) in [5, 5.41) is 2.87. The third-order valence-corrected chi connectivity index (χ3v) is 3.43. The van der Waals surface area contributed by atoms with Gasteiger partial charge in [-0.1, -0.05) is 13.8 Å². The van der Waals surface area contributed by atoms with Crippen molar-refractivity contribution in [2.75, 3.05) is 6.54 Å². The van der Waals surface area contributed by atoms with E-state index in [-0.39, 0.29) is 11.7 Å². The van der Waals surface area contributed by atoms with Crippen LogP contribution in [0.2, 0.25) is 0 Å². The van der Waals surface area contributed by atoms with Crippen molar-refractivity contribution in [3.05, 3.63) is 16.1 Å². The second-order valence-electron chi connectivity index (χ2n) is 4.11. The number of hydrogen-bond donors (Lipinski definition) is 1. The zero-order chi connectivity index (χ0) is 11.4. The molecule has 0 saturated heterocycles. The molecule has 0 spiro atoms. The Morgan fingerprint density at radius 1 is 1.60 bits per heavy atom. The highest BCUT2D eigenvalue weighted by atomic mass is 32.1. The number of nitrogens with zero attached hydrogens (tertiary/aromatic N) is 1. The fraction of sp³-hybridized carbons (Fsp3) is 0.636. The van der Waals surface area contributed by atoms with E-state index in [1.165, 1.54) is 0 Å². The van der Waals surface area contributed by atoms with Crippen LogP contribution in [0.1, 0.15) is 24.5 Å². The number of rotatable bonds is 5. The van der Waals surface area contributed by atoms with Gasteiger partial charge >= 0.3 is 0 Å². The lowest BCUT2D eigenvalue weighted by molar-refractivity contribution is -0.123. The Kier molecular flexibility index (Phi) is 4.42. The summed E-state index contributed by atoms with van der Waals surface area (Å²) in [5.41, 5.74) is 6.58. The van der Waals surface area contributed by atoms with Crippen LogP contribution < -0.4 is 5.73 Å². The maximum atomic E-state index is 11.9. The van der Waals surface area contributed by atoms with Crippen molar-refractivity contribution in [1.29, 1.82) is 0 Å². The first kappa shape index (κ1) is 12.3. The predicted molar refractivity (Wildman–Crippen MR) is 62.9 cm³/mol. The molecule has 0 saturated carbocycles. The topological polar surface area (TPSA) is 56.0 Å². The zero-order valence-electron chi connectivity index (χ0n) is 9.49. The molecule has 0 amide bonds. The van der Waals surface area contributed by atoms with Crippen LogP contribution in [0.25, 0.3) is 0 Å². The Hall–Kier alpha value is -0.740. The molecule has 1 rings (SSSR count). The van der Waals surface area contributed by atoms with E-state index in [1.54, 1.807) is 11.3 Å². The lowest BCUT2D eigenvalue weighted by Gasteiger charge is -2.16. The lowest BCUT2D eigenvalue weighted by Crippen LogP contribution is -2.29. The first-order valence-electron chi connectivity index (χ1n) is 5.18. The Balaban J connectivity index is 2.62. The van der Waals surface area contributed by atoms with Crippen LogP contribution in [-0.4, -0.2) is 17.3 Å². The molecule has 4 heteroatoms. The summed E-state index contributed by atoms with van der Waals surface area (Å²) >= 11 is 1.54. The van der Waals surface area contributed by atoms with Gasteiger partial charge in [0.05, 0.1) is 6.42 Å². The van der Waals surface area contributed by atoms with E-state index in [0.717, 1.165) is 10.7 Å². The van der Waals surface area contributed by atoms with E-state index in [4.69, 9.17) is 5.73 Å². The molecule has 15 heavy (non-hydrogen) atoms. The molecule has 1 heterocycles. The average Bonchev–Trinajstić information content (AvgIpc) is 2.51. The highest BCUT2D eigenvalue weighted by molar-refractivity contribution is 7.09. The average molecular weight is 226 g/mol. The first-order chi connectivity index (χ1) is 7.04. The van der Waals surface area contributed by atoms with E-state index in [1.807, 2.05) is 26.2 Å². The highest BCUT2D eigenvalue weighted by Gasteiger charge is 2.21. The van der Waals surface area contributed by atoms with Crippen molar-refractivity contribution in [2.24, 2.45) is 17.6 Å². The summed E-state index contributed by atoms with van der Waals surface area (Å²) in [6.07, 6.45) is 0.429. The molecule has 0 aromatic carbocycles. The number of thiazole rings is 1. The SMILES string of the molecule is Cc1csc(CC(=O)C(CN)C(C)C)n1. The number of nitrogens with two attached hydrogens (primary N) is 1. The molecule has 1 aromatic heterocycles. The van der Waals surface area contributed by atoms with Gasteiger partial charge in [0.25, 0.3) is 0 Å². The van der Waals surface area contributed by atoms with E-state index in [9.17, 15) is 4.79 Å². The van der Waals surface area contributed by atoms with Crippen LogP contribution >= 0.6 is 11.3 Å². The molecule has 1 atom stereocenters. The van der Waals surface area contributed by atoms with Gasteiger partial charge in [0.15, 0.2) is 0 Å². The summed E-state index contributed by atoms with van der Waals surface area (Å²) in [6, 6.07) is 0. The number of ketones is 1. The van der Waals surface area contributed by atoms with Gasteiger partial charge in [0.1, 0.15) is 10.8 Å². The van der Waals surface area contributed by atoms with Crippen molar-refractivity contribution in [2.45, 2.75) is 27.2 Å². The largest absolute Gasteiger partial charge is 0.330 e. The third kappa shape index (κ3) is 3.39. The Morgan fingerprint density at radius 2 is 2.27 bits per heavy atom. The van der Waals surface area contributed by atoms with Crippen LogP contribution in [-0.2, 0) is 11.2 Å². The molecule has 0 aliphatic carbocycles. The van der Waals surface area contributed by atoms with Crippen LogP contribution in [0.5, 0.6) is 0 Å². The number of carbonyl (C=O) groups excluding carboxylic acids is 1. The molecule has 2 N–H and O–H groups in total. The molecule has 0 aliphatic heterocycles. The summed E-state index contributed by atoms with van der Waals surface area (Å²) in [7, 11) is 0. The fourth-order valence-corrected chi connectivity index (χ4v) is 2.32. The molecule has 0 bridgehead atoms. The summed E-state index contributed by atoms with van der Waals surface area (Å²) in [4.78, 5) is 16.2. The van der Waals surface area contributed by atoms with Crippen LogP contribution in [0.4, 0.5) is 0 Å². The molecule has 0 aliphatic rings. The summed E-state index contributed by atoms with van der Waals surface area (Å²) in [6.45, 7) is 6.43. The summed E-state index contributed by atoms with van der Waals surface area (Å²) < 4.78 is 0. The lowest BCUT2D eigenvalue weighted by atomic mass is 9.90. The van der Waals surface area contributed by atoms with E-state index in [2.05, 4.69) is 4.98 Å². The number of hydrogen-bond acceptors (Lipinski definition) is 4. The molecule has 1 unspecified atom stereocenters. The van der Waals surface area contributed by atoms with E-state index < -0.39 is 0 Å². The molecule has 84 valence electrons. The van der Waals surface area contributed by atoms with Gasteiger partial charge in [-0.15, -0.1) is 11.3 Å². The molecule has 3 nitrogen and oxygen atoms in total. The van der Waals surface area contributed by atoms with E-state index >= 15 is 0 Å². The number of carbonyl (C=O) groups is 1. The van der Waals surface area contributed by atoms with Crippen molar-refractivity contribution in [3.63, 3.8) is 0 Å².